The average molecular weight is 328 g/mol. The number of allylic oxidation sites excluding steroid dienone is 2. The number of hydrogen-bond acceptors (Lipinski definition) is 6. The first-order valence-corrected chi connectivity index (χ1v) is 8.38. The van der Waals surface area contributed by atoms with Crippen molar-refractivity contribution in [3.8, 4) is 0 Å². The van der Waals surface area contributed by atoms with Gasteiger partial charge in [-0.3, -0.25) is 0 Å². The number of anilines is 1. The molecule has 1 fully saturated rings. The van der Waals surface area contributed by atoms with Gasteiger partial charge in [0.15, 0.2) is 17.5 Å². The average Bonchev–Trinajstić information content (AvgIpc) is 3.06. The molecule has 1 saturated heterocycles. The van der Waals surface area contributed by atoms with Crippen molar-refractivity contribution >= 4 is 11.4 Å². The van der Waals surface area contributed by atoms with Gasteiger partial charge in [0.1, 0.15) is 6.17 Å². The van der Waals surface area contributed by atoms with E-state index >= 15 is 0 Å². The SMILES string of the molecule is Fc1cnc(C2=CNC3NC=CC=C23)nc1NC[C@H]1CCCNC1. The lowest BCUT2D eigenvalue weighted by molar-refractivity contribution is 0.392. The highest BCUT2D eigenvalue weighted by Gasteiger charge is 2.26. The molecule has 4 N–H and O–H groups in total. The molecule has 0 aromatic carbocycles. The predicted octanol–water partition coefficient (Wildman–Crippen LogP) is 1.34. The fourth-order valence-corrected chi connectivity index (χ4v) is 3.28. The second-order valence-corrected chi connectivity index (χ2v) is 6.29. The standard InChI is InChI=1S/C17H21FN6/c18-14-10-23-16(13-9-22-15-12(13)4-2-6-20-15)24-17(14)21-8-11-3-1-5-19-7-11/h2,4,6,9-11,15,19-20,22H,1,3,5,7-8H2,(H,21,23,24)/t11-,15?/m0/s1. The van der Waals surface area contributed by atoms with Crippen molar-refractivity contribution in [3.63, 3.8) is 0 Å². The number of piperidine rings is 1. The van der Waals surface area contributed by atoms with Crippen molar-refractivity contribution in [1.82, 2.24) is 25.9 Å². The molecule has 4 heterocycles. The van der Waals surface area contributed by atoms with Crippen LogP contribution in [0, 0.1) is 11.7 Å². The lowest BCUT2D eigenvalue weighted by Crippen LogP contribution is -2.35. The van der Waals surface area contributed by atoms with Crippen molar-refractivity contribution in [2.75, 3.05) is 25.0 Å². The summed E-state index contributed by atoms with van der Waals surface area (Å²) in [7, 11) is 0. The maximum Gasteiger partial charge on any atom is 0.183 e. The van der Waals surface area contributed by atoms with Crippen molar-refractivity contribution in [1.29, 1.82) is 0 Å². The summed E-state index contributed by atoms with van der Waals surface area (Å²) >= 11 is 0. The van der Waals surface area contributed by atoms with Gasteiger partial charge in [0, 0.05) is 23.9 Å². The Morgan fingerprint density at radius 3 is 3.17 bits per heavy atom. The Labute approximate surface area is 140 Å². The van der Waals surface area contributed by atoms with Crippen LogP contribution in [0.4, 0.5) is 10.2 Å². The topological polar surface area (TPSA) is 73.9 Å². The van der Waals surface area contributed by atoms with Crippen LogP contribution < -0.4 is 21.3 Å². The number of aromatic nitrogens is 2. The summed E-state index contributed by atoms with van der Waals surface area (Å²) < 4.78 is 14.1. The van der Waals surface area contributed by atoms with Gasteiger partial charge in [0.2, 0.25) is 0 Å². The summed E-state index contributed by atoms with van der Waals surface area (Å²) in [6.07, 6.45) is 11.3. The van der Waals surface area contributed by atoms with Gasteiger partial charge in [0.25, 0.3) is 0 Å². The Bertz CT molecular complexity index is 705. The fraction of sp³-hybridized carbons (Fsp3) is 0.412. The van der Waals surface area contributed by atoms with Crippen LogP contribution in [0.15, 0.2) is 36.3 Å². The highest BCUT2D eigenvalue weighted by atomic mass is 19.1. The normalized spacial score (nSPS) is 25.2. The molecular weight excluding hydrogens is 307 g/mol. The first-order chi connectivity index (χ1) is 11.8. The molecule has 126 valence electrons. The van der Waals surface area contributed by atoms with Crippen LogP contribution in [0.1, 0.15) is 18.7 Å². The van der Waals surface area contributed by atoms with Gasteiger partial charge < -0.3 is 21.3 Å². The van der Waals surface area contributed by atoms with Gasteiger partial charge in [-0.2, -0.15) is 0 Å². The van der Waals surface area contributed by atoms with Crippen molar-refractivity contribution in [2.45, 2.75) is 19.0 Å². The third kappa shape index (κ3) is 2.99. The van der Waals surface area contributed by atoms with Gasteiger partial charge in [-0.25, -0.2) is 14.4 Å². The first kappa shape index (κ1) is 15.1. The van der Waals surface area contributed by atoms with Crippen LogP contribution >= 0.6 is 0 Å². The Morgan fingerprint density at radius 1 is 1.33 bits per heavy atom. The van der Waals surface area contributed by atoms with E-state index < -0.39 is 5.82 Å². The maximum absolute atomic E-state index is 14.1. The largest absolute Gasteiger partial charge is 0.368 e. The first-order valence-electron chi connectivity index (χ1n) is 8.38. The predicted molar refractivity (Wildman–Crippen MR) is 91.3 cm³/mol. The Morgan fingerprint density at radius 2 is 2.29 bits per heavy atom. The zero-order valence-electron chi connectivity index (χ0n) is 13.3. The summed E-state index contributed by atoms with van der Waals surface area (Å²) in [5.41, 5.74) is 1.95. The minimum absolute atomic E-state index is 0.0309. The number of nitrogens with one attached hydrogen (secondary N) is 4. The quantitative estimate of drug-likeness (QED) is 0.668. The Balaban J connectivity index is 1.51. The highest BCUT2D eigenvalue weighted by Crippen LogP contribution is 2.29. The van der Waals surface area contributed by atoms with E-state index in [0.717, 1.165) is 30.7 Å². The second kappa shape index (κ2) is 6.60. The number of halogens is 1. The molecule has 0 radical (unpaired) electrons. The number of hydrogen-bond donors (Lipinski definition) is 4. The third-order valence-corrected chi connectivity index (χ3v) is 4.59. The molecule has 2 atom stereocenters. The molecule has 6 nitrogen and oxygen atoms in total. The van der Waals surface area contributed by atoms with E-state index in [1.165, 1.54) is 12.6 Å². The highest BCUT2D eigenvalue weighted by molar-refractivity contribution is 5.80. The van der Waals surface area contributed by atoms with Crippen LogP contribution in [-0.4, -0.2) is 35.8 Å². The Kier molecular flexibility index (Phi) is 4.17. The van der Waals surface area contributed by atoms with Gasteiger partial charge in [0.05, 0.1) is 6.20 Å². The molecular formula is C17H21FN6. The lowest BCUT2D eigenvalue weighted by Gasteiger charge is -2.23. The molecule has 0 bridgehead atoms. The maximum atomic E-state index is 14.1. The fourth-order valence-electron chi connectivity index (χ4n) is 3.28. The van der Waals surface area contributed by atoms with Crippen LogP contribution in [0.25, 0.3) is 5.57 Å². The van der Waals surface area contributed by atoms with Crippen LogP contribution in [0.2, 0.25) is 0 Å². The molecule has 1 aromatic rings. The zero-order valence-corrected chi connectivity index (χ0v) is 13.3. The van der Waals surface area contributed by atoms with Gasteiger partial charge in [-0.15, -0.1) is 0 Å². The van der Waals surface area contributed by atoms with Crippen LogP contribution in [0.5, 0.6) is 0 Å². The molecule has 3 aliphatic heterocycles. The third-order valence-electron chi connectivity index (χ3n) is 4.59. The molecule has 0 saturated carbocycles. The number of fused-ring (bicyclic) bond motifs is 1. The summed E-state index contributed by atoms with van der Waals surface area (Å²) in [5.74, 6) is 0.888. The molecule has 7 heteroatoms. The van der Waals surface area contributed by atoms with Crippen molar-refractivity contribution in [2.24, 2.45) is 5.92 Å². The van der Waals surface area contributed by atoms with E-state index in [4.69, 9.17) is 0 Å². The number of dihydropyridines is 1. The molecule has 0 spiro atoms. The minimum Gasteiger partial charge on any atom is -0.368 e. The summed E-state index contributed by atoms with van der Waals surface area (Å²) in [6, 6.07) is 0. The minimum atomic E-state index is -0.415. The van der Waals surface area contributed by atoms with E-state index in [-0.39, 0.29) is 12.0 Å². The van der Waals surface area contributed by atoms with E-state index in [0.29, 0.717) is 18.3 Å². The molecule has 4 rings (SSSR count). The smallest absolute Gasteiger partial charge is 0.183 e. The lowest BCUT2D eigenvalue weighted by atomic mass is 10.00. The summed E-state index contributed by atoms with van der Waals surface area (Å²) in [4.78, 5) is 8.58. The van der Waals surface area contributed by atoms with Gasteiger partial charge in [-0.1, -0.05) is 6.08 Å². The van der Waals surface area contributed by atoms with Gasteiger partial charge in [-0.05, 0) is 44.1 Å². The second-order valence-electron chi connectivity index (χ2n) is 6.29. The van der Waals surface area contributed by atoms with E-state index in [1.807, 2.05) is 24.6 Å². The molecule has 0 aliphatic carbocycles. The monoisotopic (exact) mass is 328 g/mol. The summed E-state index contributed by atoms with van der Waals surface area (Å²) in [6.45, 7) is 2.75. The molecule has 1 unspecified atom stereocenters. The molecule has 24 heavy (non-hydrogen) atoms. The van der Waals surface area contributed by atoms with Crippen molar-refractivity contribution in [3.05, 3.63) is 48.0 Å². The van der Waals surface area contributed by atoms with Crippen LogP contribution in [-0.2, 0) is 0 Å². The Hall–Kier alpha value is -2.41. The van der Waals surface area contributed by atoms with E-state index in [1.54, 1.807) is 0 Å². The summed E-state index contributed by atoms with van der Waals surface area (Å²) in [5, 5.41) is 13.0. The number of rotatable bonds is 4. The van der Waals surface area contributed by atoms with E-state index in [9.17, 15) is 4.39 Å². The molecule has 1 aromatic heterocycles. The van der Waals surface area contributed by atoms with Crippen LogP contribution in [0.3, 0.4) is 0 Å². The van der Waals surface area contributed by atoms with E-state index in [2.05, 4.69) is 31.2 Å². The zero-order chi connectivity index (χ0) is 16.4. The van der Waals surface area contributed by atoms with Gasteiger partial charge >= 0.3 is 0 Å². The molecule has 0 amide bonds. The molecule has 3 aliphatic rings. The van der Waals surface area contributed by atoms with Crippen molar-refractivity contribution < 1.29 is 4.39 Å². The number of nitrogens with zero attached hydrogens (tertiary/aromatic N) is 2.